The van der Waals surface area contributed by atoms with Gasteiger partial charge in [-0.05, 0) is 24.5 Å². The Morgan fingerprint density at radius 3 is 2.67 bits per heavy atom. The van der Waals surface area contributed by atoms with E-state index in [0.717, 1.165) is 6.42 Å². The van der Waals surface area contributed by atoms with Crippen LogP contribution < -0.4 is 10.6 Å². The van der Waals surface area contributed by atoms with Crippen molar-refractivity contribution >= 4 is 17.4 Å². The van der Waals surface area contributed by atoms with Gasteiger partial charge in [-0.2, -0.15) is 0 Å². The van der Waals surface area contributed by atoms with Gasteiger partial charge < -0.3 is 15.8 Å². The van der Waals surface area contributed by atoms with Crippen molar-refractivity contribution in [1.29, 1.82) is 0 Å². The van der Waals surface area contributed by atoms with Gasteiger partial charge in [0.05, 0.1) is 5.69 Å². The lowest BCUT2D eigenvalue weighted by Crippen LogP contribution is -2.30. The molecule has 2 atom stereocenters. The molecular weight excluding hydrogens is 230 g/mol. The second-order valence-electron chi connectivity index (χ2n) is 4.72. The fraction of sp³-hybridized carbons (Fsp3) is 0.385. The minimum absolute atomic E-state index is 0.00842. The number of anilines is 1. The van der Waals surface area contributed by atoms with Gasteiger partial charge in [0.1, 0.15) is 0 Å². The molecule has 1 aromatic rings. The number of rotatable bonds is 3. The Hall–Kier alpha value is -2.04. The highest BCUT2D eigenvalue weighted by molar-refractivity contribution is 6.06. The summed E-state index contributed by atoms with van der Waals surface area (Å²) in [6.45, 7) is 2.06. The predicted molar refractivity (Wildman–Crippen MR) is 69.6 cm³/mol. The highest BCUT2D eigenvalue weighted by atomic mass is 16.4. The number of carbonyl (C=O) groups excluding carboxylic acids is 1. The first kappa shape index (κ1) is 12.4. The molecule has 0 heterocycles. The van der Waals surface area contributed by atoms with E-state index in [1.54, 1.807) is 30.1 Å². The molecule has 5 heteroatoms. The van der Waals surface area contributed by atoms with Crippen LogP contribution in [0.25, 0.3) is 0 Å². The van der Waals surface area contributed by atoms with E-state index in [1.165, 1.54) is 0 Å². The summed E-state index contributed by atoms with van der Waals surface area (Å²) in [6, 6.07) is 7.13. The summed E-state index contributed by atoms with van der Waals surface area (Å²) in [5.41, 5.74) is 6.84. The Balaban J connectivity index is 2.30. The summed E-state index contributed by atoms with van der Waals surface area (Å²) in [4.78, 5) is 13.7. The van der Waals surface area contributed by atoms with Crippen LogP contribution >= 0.6 is 0 Å². The number of carbonyl (C=O) groups is 1. The van der Waals surface area contributed by atoms with Crippen LogP contribution in [-0.4, -0.2) is 24.0 Å². The second kappa shape index (κ2) is 4.68. The van der Waals surface area contributed by atoms with Crippen molar-refractivity contribution in [3.05, 3.63) is 29.8 Å². The zero-order chi connectivity index (χ0) is 13.3. The van der Waals surface area contributed by atoms with Crippen molar-refractivity contribution in [2.24, 2.45) is 22.7 Å². The van der Waals surface area contributed by atoms with Crippen LogP contribution in [0.5, 0.6) is 0 Å². The van der Waals surface area contributed by atoms with E-state index in [1.807, 2.05) is 6.07 Å². The van der Waals surface area contributed by atoms with Gasteiger partial charge in [0.15, 0.2) is 5.84 Å². The molecular formula is C13H17N3O2. The molecule has 3 N–H and O–H groups in total. The fourth-order valence-electron chi connectivity index (χ4n) is 2.07. The average molecular weight is 247 g/mol. The van der Waals surface area contributed by atoms with Crippen LogP contribution in [0.3, 0.4) is 0 Å². The van der Waals surface area contributed by atoms with Crippen LogP contribution in [0.4, 0.5) is 5.69 Å². The van der Waals surface area contributed by atoms with Crippen molar-refractivity contribution in [3.63, 3.8) is 0 Å². The predicted octanol–water partition coefficient (Wildman–Crippen LogP) is 1.40. The number of nitrogens with two attached hydrogens (primary N) is 1. The Kier molecular flexibility index (Phi) is 3.23. The molecule has 0 aromatic heterocycles. The minimum atomic E-state index is 0.00842. The van der Waals surface area contributed by atoms with Gasteiger partial charge in [0.25, 0.3) is 0 Å². The molecule has 18 heavy (non-hydrogen) atoms. The van der Waals surface area contributed by atoms with Crippen molar-refractivity contribution in [1.82, 2.24) is 0 Å². The summed E-state index contributed by atoms with van der Waals surface area (Å²) < 4.78 is 0. The molecule has 0 aliphatic heterocycles. The van der Waals surface area contributed by atoms with Crippen LogP contribution in [0, 0.1) is 11.8 Å². The highest BCUT2D eigenvalue weighted by Gasteiger charge is 2.41. The number of oxime groups is 1. The fourth-order valence-corrected chi connectivity index (χ4v) is 2.07. The molecule has 1 fully saturated rings. The number of hydrogen-bond acceptors (Lipinski definition) is 3. The third-order valence-electron chi connectivity index (χ3n) is 3.41. The molecule has 1 aliphatic carbocycles. The first-order chi connectivity index (χ1) is 8.56. The first-order valence-electron chi connectivity index (χ1n) is 5.90. The number of hydrogen-bond donors (Lipinski definition) is 2. The van der Waals surface area contributed by atoms with E-state index in [2.05, 4.69) is 12.1 Å². The van der Waals surface area contributed by atoms with Gasteiger partial charge in [0, 0.05) is 18.5 Å². The van der Waals surface area contributed by atoms with Gasteiger partial charge in [-0.1, -0.05) is 24.2 Å². The monoisotopic (exact) mass is 247 g/mol. The van der Waals surface area contributed by atoms with Crippen LogP contribution in [-0.2, 0) is 4.79 Å². The topological polar surface area (TPSA) is 78.9 Å². The molecule has 0 saturated heterocycles. The van der Waals surface area contributed by atoms with Crippen LogP contribution in [0.2, 0.25) is 0 Å². The zero-order valence-electron chi connectivity index (χ0n) is 10.5. The molecule has 5 nitrogen and oxygen atoms in total. The maximum absolute atomic E-state index is 12.2. The molecule has 96 valence electrons. The number of amidine groups is 1. The average Bonchev–Trinajstić information content (AvgIpc) is 3.13. The molecule has 1 aliphatic rings. The SMILES string of the molecule is CC1CC1C(=O)N(C)c1ccccc1C(N)=NO. The van der Waals surface area contributed by atoms with E-state index in [4.69, 9.17) is 10.9 Å². The molecule has 0 spiro atoms. The van der Waals surface area contributed by atoms with Gasteiger partial charge in [0.2, 0.25) is 5.91 Å². The summed E-state index contributed by atoms with van der Waals surface area (Å²) in [7, 11) is 1.72. The summed E-state index contributed by atoms with van der Waals surface area (Å²) in [5, 5.41) is 11.7. The van der Waals surface area contributed by atoms with Crippen molar-refractivity contribution in [2.75, 3.05) is 11.9 Å². The van der Waals surface area contributed by atoms with E-state index < -0.39 is 0 Å². The number of benzene rings is 1. The third kappa shape index (κ3) is 2.16. The standard InChI is InChI=1S/C13H17N3O2/c1-8-7-10(8)13(17)16(2)11-6-4-3-5-9(11)12(14)15-18/h3-6,8,10,18H,7H2,1-2H3,(H2,14,15). The lowest BCUT2D eigenvalue weighted by Gasteiger charge is -2.20. The smallest absolute Gasteiger partial charge is 0.230 e. The molecule has 1 amide bonds. The Labute approximate surface area is 106 Å². The quantitative estimate of drug-likeness (QED) is 0.367. The first-order valence-corrected chi connectivity index (χ1v) is 5.90. The molecule has 1 aromatic carbocycles. The largest absolute Gasteiger partial charge is 0.409 e. The number of nitrogens with zero attached hydrogens (tertiary/aromatic N) is 2. The van der Waals surface area contributed by atoms with Crippen LogP contribution in [0.1, 0.15) is 18.9 Å². The van der Waals surface area contributed by atoms with Crippen molar-refractivity contribution < 1.29 is 10.0 Å². The molecule has 2 unspecified atom stereocenters. The number of amides is 1. The normalized spacial score (nSPS) is 22.7. The van der Waals surface area contributed by atoms with E-state index in [0.29, 0.717) is 17.2 Å². The maximum atomic E-state index is 12.2. The third-order valence-corrected chi connectivity index (χ3v) is 3.41. The van der Waals surface area contributed by atoms with Crippen molar-refractivity contribution in [3.8, 4) is 0 Å². The zero-order valence-corrected chi connectivity index (χ0v) is 10.5. The highest BCUT2D eigenvalue weighted by Crippen LogP contribution is 2.40. The second-order valence-corrected chi connectivity index (χ2v) is 4.72. The Morgan fingerprint density at radius 1 is 1.50 bits per heavy atom. The maximum Gasteiger partial charge on any atom is 0.230 e. The van der Waals surface area contributed by atoms with E-state index in [-0.39, 0.29) is 17.7 Å². The van der Waals surface area contributed by atoms with E-state index >= 15 is 0 Å². The molecule has 1 saturated carbocycles. The van der Waals surface area contributed by atoms with E-state index in [9.17, 15) is 4.79 Å². The minimum Gasteiger partial charge on any atom is -0.409 e. The number of para-hydroxylation sites is 1. The lowest BCUT2D eigenvalue weighted by molar-refractivity contribution is -0.119. The Morgan fingerprint density at radius 2 is 2.11 bits per heavy atom. The lowest BCUT2D eigenvalue weighted by atomic mass is 10.1. The molecule has 0 radical (unpaired) electrons. The van der Waals surface area contributed by atoms with Crippen molar-refractivity contribution in [2.45, 2.75) is 13.3 Å². The van der Waals surface area contributed by atoms with Gasteiger partial charge in [-0.15, -0.1) is 0 Å². The summed E-state index contributed by atoms with van der Waals surface area (Å²) in [5.74, 6) is 0.654. The summed E-state index contributed by atoms with van der Waals surface area (Å²) in [6.07, 6.45) is 0.939. The molecule has 2 rings (SSSR count). The molecule has 0 bridgehead atoms. The summed E-state index contributed by atoms with van der Waals surface area (Å²) >= 11 is 0. The van der Waals surface area contributed by atoms with Gasteiger partial charge >= 0.3 is 0 Å². The van der Waals surface area contributed by atoms with Gasteiger partial charge in [-0.3, -0.25) is 4.79 Å². The Bertz CT molecular complexity index is 499. The van der Waals surface area contributed by atoms with Crippen LogP contribution in [0.15, 0.2) is 29.4 Å². The van der Waals surface area contributed by atoms with Gasteiger partial charge in [-0.25, -0.2) is 0 Å².